The van der Waals surface area contributed by atoms with E-state index in [2.05, 4.69) is 26.2 Å². The Kier molecular flexibility index (Phi) is 5.55. The fourth-order valence-corrected chi connectivity index (χ4v) is 3.35. The molecular formula is C17H19BrFN5O2. The minimum absolute atomic E-state index is 0.212. The predicted octanol–water partition coefficient (Wildman–Crippen LogP) is 2.43. The summed E-state index contributed by atoms with van der Waals surface area (Å²) in [6.45, 7) is 2.08. The van der Waals surface area contributed by atoms with Gasteiger partial charge in [0.05, 0.1) is 10.2 Å². The molecule has 2 aromatic heterocycles. The number of nitrogens with zero attached hydrogens (tertiary/aromatic N) is 4. The molecule has 26 heavy (non-hydrogen) atoms. The maximum atomic E-state index is 13.9. The molecule has 2 aromatic rings. The van der Waals surface area contributed by atoms with Crippen LogP contribution in [0.5, 0.6) is 0 Å². The van der Waals surface area contributed by atoms with Crippen LogP contribution in [0.15, 0.2) is 39.9 Å². The lowest BCUT2D eigenvalue weighted by atomic mass is 10.3. The highest BCUT2D eigenvalue weighted by Gasteiger charge is 2.22. The monoisotopic (exact) mass is 423 g/mol. The van der Waals surface area contributed by atoms with E-state index in [1.54, 1.807) is 30.4 Å². The minimum atomic E-state index is -0.366. The van der Waals surface area contributed by atoms with Crippen LogP contribution in [0.2, 0.25) is 0 Å². The summed E-state index contributed by atoms with van der Waals surface area (Å²) in [5.41, 5.74) is 0.214. The van der Waals surface area contributed by atoms with E-state index in [1.807, 2.05) is 4.90 Å². The van der Waals surface area contributed by atoms with E-state index in [-0.39, 0.29) is 17.4 Å². The van der Waals surface area contributed by atoms with E-state index in [9.17, 15) is 14.0 Å². The Balaban J connectivity index is 1.67. The highest BCUT2D eigenvalue weighted by atomic mass is 79.9. The fourth-order valence-electron chi connectivity index (χ4n) is 2.83. The van der Waals surface area contributed by atoms with Gasteiger partial charge in [0.1, 0.15) is 0 Å². The number of rotatable bonds is 2. The Bertz CT molecular complexity index is 872. The third-order valence-corrected chi connectivity index (χ3v) is 4.87. The number of carbonyl (C=O) groups excluding carboxylic acids is 1. The zero-order chi connectivity index (χ0) is 18.7. The average Bonchev–Trinajstić information content (AvgIpc) is 2.86. The fraction of sp³-hybridized carbons (Fsp3) is 0.353. The molecule has 0 aliphatic carbocycles. The Labute approximate surface area is 158 Å². The van der Waals surface area contributed by atoms with Crippen molar-refractivity contribution in [3.05, 3.63) is 51.2 Å². The van der Waals surface area contributed by atoms with Gasteiger partial charge in [0, 0.05) is 51.7 Å². The van der Waals surface area contributed by atoms with Crippen molar-refractivity contribution in [1.29, 1.82) is 0 Å². The molecule has 3 rings (SSSR count). The van der Waals surface area contributed by atoms with Crippen LogP contribution < -0.4 is 15.8 Å². The minimum Gasteiger partial charge on any atom is -0.352 e. The lowest BCUT2D eigenvalue weighted by Gasteiger charge is -2.23. The number of halogens is 2. The molecule has 1 aliphatic heterocycles. The largest absolute Gasteiger partial charge is 0.352 e. The molecule has 1 aliphatic rings. The molecule has 0 bridgehead atoms. The summed E-state index contributed by atoms with van der Waals surface area (Å²) in [7, 11) is 1.64. The quantitative estimate of drug-likeness (QED) is 0.804. The molecule has 2 amide bonds. The molecule has 0 atom stereocenters. The SMILES string of the molecule is Cn1cc(Br)c(NC(=O)N2CCCN(c3ncccc3F)CC2)cc1=O. The number of aryl methyl sites for hydroxylation is 1. The van der Waals surface area contributed by atoms with Crippen LogP contribution in [0.3, 0.4) is 0 Å². The second-order valence-corrected chi connectivity index (χ2v) is 6.91. The number of amides is 2. The van der Waals surface area contributed by atoms with Crippen LogP contribution in [0.4, 0.5) is 20.7 Å². The highest BCUT2D eigenvalue weighted by molar-refractivity contribution is 9.10. The van der Waals surface area contributed by atoms with Gasteiger partial charge in [0.25, 0.3) is 5.56 Å². The molecule has 0 unspecified atom stereocenters. The summed E-state index contributed by atoms with van der Waals surface area (Å²) in [6.07, 6.45) is 3.86. The second kappa shape index (κ2) is 7.86. The summed E-state index contributed by atoms with van der Waals surface area (Å²) >= 11 is 3.35. The summed E-state index contributed by atoms with van der Waals surface area (Å²) in [5, 5.41) is 2.76. The van der Waals surface area contributed by atoms with Gasteiger partial charge >= 0.3 is 6.03 Å². The van der Waals surface area contributed by atoms with Crippen LogP contribution >= 0.6 is 15.9 Å². The average molecular weight is 424 g/mol. The maximum absolute atomic E-state index is 13.9. The van der Waals surface area contributed by atoms with Gasteiger partial charge < -0.3 is 19.7 Å². The molecule has 1 fully saturated rings. The van der Waals surface area contributed by atoms with Crippen LogP contribution in [0.25, 0.3) is 0 Å². The van der Waals surface area contributed by atoms with Crippen LogP contribution in [-0.2, 0) is 7.05 Å². The van der Waals surface area contributed by atoms with Crippen molar-refractivity contribution in [2.45, 2.75) is 6.42 Å². The molecule has 9 heteroatoms. The van der Waals surface area contributed by atoms with E-state index < -0.39 is 0 Å². The number of aromatic nitrogens is 2. The summed E-state index contributed by atoms with van der Waals surface area (Å²) in [4.78, 5) is 31.9. The predicted molar refractivity (Wildman–Crippen MR) is 101 cm³/mol. The molecule has 1 N–H and O–H groups in total. The van der Waals surface area contributed by atoms with Gasteiger partial charge in [-0.05, 0) is 34.5 Å². The Morgan fingerprint density at radius 1 is 1.31 bits per heavy atom. The van der Waals surface area contributed by atoms with E-state index in [4.69, 9.17) is 0 Å². The van der Waals surface area contributed by atoms with Crippen LogP contribution in [0.1, 0.15) is 6.42 Å². The molecule has 3 heterocycles. The van der Waals surface area contributed by atoms with Crippen molar-refractivity contribution in [3.63, 3.8) is 0 Å². The smallest absolute Gasteiger partial charge is 0.321 e. The first-order valence-electron chi connectivity index (χ1n) is 8.23. The lowest BCUT2D eigenvalue weighted by molar-refractivity contribution is 0.215. The maximum Gasteiger partial charge on any atom is 0.321 e. The molecule has 7 nitrogen and oxygen atoms in total. The first-order chi connectivity index (χ1) is 12.5. The molecule has 0 radical (unpaired) electrons. The summed E-state index contributed by atoms with van der Waals surface area (Å²) in [5.74, 6) is -0.0569. The summed E-state index contributed by atoms with van der Waals surface area (Å²) in [6, 6.07) is 4.01. The van der Waals surface area contributed by atoms with Gasteiger partial charge in [0.2, 0.25) is 0 Å². The topological polar surface area (TPSA) is 70.5 Å². The summed E-state index contributed by atoms with van der Waals surface area (Å²) < 4.78 is 16.0. The molecule has 0 spiro atoms. The van der Waals surface area contributed by atoms with Crippen molar-refractivity contribution in [3.8, 4) is 0 Å². The number of nitrogens with one attached hydrogen (secondary N) is 1. The van der Waals surface area contributed by atoms with Crippen LogP contribution in [0, 0.1) is 5.82 Å². The van der Waals surface area contributed by atoms with Gasteiger partial charge in [0.15, 0.2) is 11.6 Å². The van der Waals surface area contributed by atoms with Crippen molar-refractivity contribution >= 4 is 33.5 Å². The number of pyridine rings is 2. The molecule has 0 aromatic carbocycles. The van der Waals surface area contributed by atoms with E-state index in [1.165, 1.54) is 16.7 Å². The van der Waals surface area contributed by atoms with Crippen molar-refractivity contribution in [2.24, 2.45) is 7.05 Å². The first kappa shape index (κ1) is 18.4. The number of hydrogen-bond acceptors (Lipinski definition) is 4. The van der Waals surface area contributed by atoms with Gasteiger partial charge in [-0.3, -0.25) is 4.79 Å². The van der Waals surface area contributed by atoms with Crippen molar-refractivity contribution in [1.82, 2.24) is 14.5 Å². The van der Waals surface area contributed by atoms with Crippen molar-refractivity contribution < 1.29 is 9.18 Å². The Hall–Kier alpha value is -2.42. The van der Waals surface area contributed by atoms with E-state index >= 15 is 0 Å². The third kappa shape index (κ3) is 4.04. The molecular weight excluding hydrogens is 405 g/mol. The van der Waals surface area contributed by atoms with Gasteiger partial charge in [-0.1, -0.05) is 0 Å². The molecule has 0 saturated carbocycles. The number of carbonyl (C=O) groups is 1. The van der Waals surface area contributed by atoms with E-state index in [0.29, 0.717) is 48.6 Å². The zero-order valence-electron chi connectivity index (χ0n) is 14.3. The Morgan fingerprint density at radius 2 is 2.12 bits per heavy atom. The van der Waals surface area contributed by atoms with E-state index in [0.717, 1.165) is 0 Å². The third-order valence-electron chi connectivity index (χ3n) is 4.24. The Morgan fingerprint density at radius 3 is 2.88 bits per heavy atom. The number of urea groups is 1. The lowest BCUT2D eigenvalue weighted by Crippen LogP contribution is -2.38. The van der Waals surface area contributed by atoms with Crippen LogP contribution in [-0.4, -0.2) is 46.7 Å². The standard InChI is InChI=1S/C17H19BrFN5O2/c1-22-11-12(18)14(10-15(22)25)21-17(26)24-7-3-6-23(8-9-24)16-13(19)4-2-5-20-16/h2,4-5,10-11H,3,6-9H2,1H3,(H,21,26). The van der Waals surface area contributed by atoms with Gasteiger partial charge in [-0.15, -0.1) is 0 Å². The number of hydrogen-bond donors (Lipinski definition) is 1. The second-order valence-electron chi connectivity index (χ2n) is 6.05. The molecule has 138 valence electrons. The number of anilines is 2. The normalized spacial score (nSPS) is 14.9. The first-order valence-corrected chi connectivity index (χ1v) is 9.02. The van der Waals surface area contributed by atoms with Crippen molar-refractivity contribution in [2.75, 3.05) is 36.4 Å². The zero-order valence-corrected chi connectivity index (χ0v) is 15.9. The highest BCUT2D eigenvalue weighted by Crippen LogP contribution is 2.21. The van der Waals surface area contributed by atoms with Gasteiger partial charge in [-0.25, -0.2) is 14.2 Å². The molecule has 1 saturated heterocycles. The van der Waals surface area contributed by atoms with Gasteiger partial charge in [-0.2, -0.15) is 0 Å².